The van der Waals surface area contributed by atoms with Crippen LogP contribution in [0.4, 0.5) is 5.69 Å². The minimum absolute atomic E-state index is 0.0270. The molecule has 1 aliphatic heterocycles. The van der Waals surface area contributed by atoms with E-state index in [2.05, 4.69) is 39.4 Å². The maximum Gasteiger partial charge on any atom is 0.261 e. The number of thiophene rings is 1. The lowest BCUT2D eigenvalue weighted by atomic mass is 10.0. The van der Waals surface area contributed by atoms with E-state index in [0.717, 1.165) is 18.0 Å². The van der Waals surface area contributed by atoms with E-state index in [-0.39, 0.29) is 11.9 Å². The molecule has 0 radical (unpaired) electrons. The fourth-order valence-electron chi connectivity index (χ4n) is 3.19. The molecule has 5 heteroatoms. The van der Waals surface area contributed by atoms with Crippen molar-refractivity contribution in [3.05, 3.63) is 52.2 Å². The summed E-state index contributed by atoms with van der Waals surface area (Å²) >= 11 is 1.48. The smallest absolute Gasteiger partial charge is 0.261 e. The van der Waals surface area contributed by atoms with Gasteiger partial charge in [0.15, 0.2) is 0 Å². The first-order chi connectivity index (χ1) is 11.6. The average Bonchev–Trinajstić information content (AvgIpc) is 3.29. The zero-order valence-electron chi connectivity index (χ0n) is 14.4. The second-order valence-electron chi connectivity index (χ2n) is 6.43. The van der Waals surface area contributed by atoms with E-state index in [0.29, 0.717) is 6.54 Å². The minimum atomic E-state index is 0.0270. The van der Waals surface area contributed by atoms with Crippen LogP contribution in [-0.4, -0.2) is 44.5 Å². The number of rotatable bonds is 6. The molecule has 1 N–H and O–H groups in total. The Morgan fingerprint density at radius 1 is 1.21 bits per heavy atom. The quantitative estimate of drug-likeness (QED) is 0.873. The number of hydrogen-bond acceptors (Lipinski definition) is 4. The summed E-state index contributed by atoms with van der Waals surface area (Å²) in [6, 6.07) is 12.7. The molecule has 1 fully saturated rings. The fourth-order valence-corrected chi connectivity index (χ4v) is 3.83. The van der Waals surface area contributed by atoms with Crippen LogP contribution in [0.15, 0.2) is 41.8 Å². The SMILES string of the molecule is CN(C)c1ccc([C@H](CNC(=O)c2cccs2)N2CCCC2)cc1. The van der Waals surface area contributed by atoms with Gasteiger partial charge in [0.1, 0.15) is 0 Å². The summed E-state index contributed by atoms with van der Waals surface area (Å²) in [7, 11) is 4.10. The normalized spacial score (nSPS) is 16.1. The Morgan fingerprint density at radius 2 is 1.92 bits per heavy atom. The van der Waals surface area contributed by atoms with Crippen molar-refractivity contribution in [1.29, 1.82) is 0 Å². The molecule has 1 atom stereocenters. The molecule has 2 aromatic rings. The van der Waals surface area contributed by atoms with E-state index in [4.69, 9.17) is 0 Å². The highest BCUT2D eigenvalue weighted by atomic mass is 32.1. The fraction of sp³-hybridized carbons (Fsp3) is 0.421. The number of nitrogens with one attached hydrogen (secondary N) is 1. The summed E-state index contributed by atoms with van der Waals surface area (Å²) in [5.74, 6) is 0.0270. The molecule has 0 saturated carbocycles. The maximum atomic E-state index is 12.3. The Hall–Kier alpha value is -1.85. The van der Waals surface area contributed by atoms with Gasteiger partial charge in [0.25, 0.3) is 5.91 Å². The van der Waals surface area contributed by atoms with Gasteiger partial charge in [0.05, 0.1) is 10.9 Å². The molecule has 2 heterocycles. The van der Waals surface area contributed by atoms with Crippen molar-refractivity contribution in [3.8, 4) is 0 Å². The van der Waals surface area contributed by atoms with Crippen molar-refractivity contribution in [2.45, 2.75) is 18.9 Å². The van der Waals surface area contributed by atoms with Gasteiger partial charge >= 0.3 is 0 Å². The van der Waals surface area contributed by atoms with Crippen LogP contribution in [0.25, 0.3) is 0 Å². The molecule has 1 amide bonds. The summed E-state index contributed by atoms with van der Waals surface area (Å²) < 4.78 is 0. The predicted molar refractivity (Wildman–Crippen MR) is 101 cm³/mol. The average molecular weight is 343 g/mol. The minimum Gasteiger partial charge on any atom is -0.378 e. The Bertz CT molecular complexity index is 646. The molecular formula is C19H25N3OS. The molecule has 0 bridgehead atoms. The molecule has 1 aromatic carbocycles. The van der Waals surface area contributed by atoms with Crippen LogP contribution in [0.1, 0.15) is 34.1 Å². The Kier molecular flexibility index (Phi) is 5.53. The summed E-state index contributed by atoms with van der Waals surface area (Å²) in [5, 5.41) is 5.05. The van der Waals surface area contributed by atoms with Crippen molar-refractivity contribution < 1.29 is 4.79 Å². The lowest BCUT2D eigenvalue weighted by Crippen LogP contribution is -2.36. The van der Waals surface area contributed by atoms with Crippen molar-refractivity contribution in [2.75, 3.05) is 38.6 Å². The van der Waals surface area contributed by atoms with Crippen LogP contribution < -0.4 is 10.2 Å². The van der Waals surface area contributed by atoms with E-state index >= 15 is 0 Å². The number of anilines is 1. The summed E-state index contributed by atoms with van der Waals surface area (Å²) in [5.41, 5.74) is 2.47. The van der Waals surface area contributed by atoms with Crippen molar-refractivity contribution in [1.82, 2.24) is 10.2 Å². The summed E-state index contributed by atoms with van der Waals surface area (Å²) in [4.78, 5) is 17.6. The molecule has 1 aliphatic rings. The first kappa shape index (κ1) is 17.0. The largest absolute Gasteiger partial charge is 0.378 e. The Morgan fingerprint density at radius 3 is 2.50 bits per heavy atom. The second-order valence-corrected chi connectivity index (χ2v) is 7.38. The Balaban J connectivity index is 1.72. The van der Waals surface area contributed by atoms with Crippen LogP contribution in [0.2, 0.25) is 0 Å². The lowest BCUT2D eigenvalue weighted by molar-refractivity contribution is 0.0942. The zero-order valence-corrected chi connectivity index (χ0v) is 15.2. The highest BCUT2D eigenvalue weighted by Crippen LogP contribution is 2.26. The highest BCUT2D eigenvalue weighted by Gasteiger charge is 2.24. The topological polar surface area (TPSA) is 35.6 Å². The molecule has 4 nitrogen and oxygen atoms in total. The van der Waals surface area contributed by atoms with Crippen molar-refractivity contribution >= 4 is 22.9 Å². The van der Waals surface area contributed by atoms with Gasteiger partial charge in [-0.25, -0.2) is 0 Å². The molecule has 1 saturated heterocycles. The highest BCUT2D eigenvalue weighted by molar-refractivity contribution is 7.12. The predicted octanol–water partition coefficient (Wildman–Crippen LogP) is 3.38. The van der Waals surface area contributed by atoms with E-state index in [9.17, 15) is 4.79 Å². The van der Waals surface area contributed by atoms with Crippen LogP contribution in [0, 0.1) is 0 Å². The third-order valence-corrected chi connectivity index (χ3v) is 5.45. The van der Waals surface area contributed by atoms with E-state index in [1.165, 1.54) is 35.4 Å². The van der Waals surface area contributed by atoms with Crippen LogP contribution in [0.3, 0.4) is 0 Å². The molecule has 0 aliphatic carbocycles. The number of amides is 1. The van der Waals surface area contributed by atoms with Gasteiger partial charge in [-0.2, -0.15) is 0 Å². The monoisotopic (exact) mass is 343 g/mol. The number of benzene rings is 1. The van der Waals surface area contributed by atoms with Gasteiger partial charge in [-0.15, -0.1) is 11.3 Å². The van der Waals surface area contributed by atoms with E-state index in [1.54, 1.807) is 0 Å². The van der Waals surface area contributed by atoms with E-state index in [1.807, 2.05) is 31.6 Å². The van der Waals surface area contributed by atoms with Crippen LogP contribution >= 0.6 is 11.3 Å². The molecule has 24 heavy (non-hydrogen) atoms. The first-order valence-corrected chi connectivity index (χ1v) is 9.36. The van der Waals surface area contributed by atoms with Gasteiger partial charge in [0.2, 0.25) is 0 Å². The molecule has 0 unspecified atom stereocenters. The Labute approximate surface area is 148 Å². The number of carbonyl (C=O) groups excluding carboxylic acids is 1. The third kappa shape index (κ3) is 3.97. The van der Waals surface area contributed by atoms with Crippen LogP contribution in [0.5, 0.6) is 0 Å². The zero-order chi connectivity index (χ0) is 16.9. The van der Waals surface area contributed by atoms with Crippen molar-refractivity contribution in [3.63, 3.8) is 0 Å². The summed E-state index contributed by atoms with van der Waals surface area (Å²) in [6.07, 6.45) is 2.48. The second kappa shape index (κ2) is 7.81. The number of likely N-dealkylation sites (tertiary alicyclic amines) is 1. The van der Waals surface area contributed by atoms with Gasteiger partial charge in [0, 0.05) is 26.3 Å². The van der Waals surface area contributed by atoms with Gasteiger partial charge in [-0.1, -0.05) is 18.2 Å². The van der Waals surface area contributed by atoms with Crippen LogP contribution in [-0.2, 0) is 0 Å². The molecule has 1 aromatic heterocycles. The first-order valence-electron chi connectivity index (χ1n) is 8.48. The van der Waals surface area contributed by atoms with E-state index < -0.39 is 0 Å². The lowest BCUT2D eigenvalue weighted by Gasteiger charge is -2.28. The van der Waals surface area contributed by atoms with Gasteiger partial charge in [-0.3, -0.25) is 9.69 Å². The molecule has 3 rings (SSSR count). The number of hydrogen-bond donors (Lipinski definition) is 1. The van der Waals surface area contributed by atoms with Gasteiger partial charge in [-0.05, 0) is 55.1 Å². The van der Waals surface area contributed by atoms with Crippen molar-refractivity contribution in [2.24, 2.45) is 0 Å². The van der Waals surface area contributed by atoms with Gasteiger partial charge < -0.3 is 10.2 Å². The molecule has 128 valence electrons. The molecule has 0 spiro atoms. The number of carbonyl (C=O) groups is 1. The third-order valence-electron chi connectivity index (χ3n) is 4.58. The number of nitrogens with zero attached hydrogens (tertiary/aromatic N) is 2. The standard InChI is InChI=1S/C19H25N3OS/c1-21(2)16-9-7-15(8-10-16)17(22-11-3-4-12-22)14-20-19(23)18-6-5-13-24-18/h5-10,13,17H,3-4,11-12,14H2,1-2H3,(H,20,23)/t17-/m0/s1. The maximum absolute atomic E-state index is 12.3. The molecular weight excluding hydrogens is 318 g/mol. The summed E-state index contributed by atoms with van der Waals surface area (Å²) in [6.45, 7) is 2.86.